The molecule has 2 N–H and O–H groups in total. The van der Waals surface area contributed by atoms with Crippen molar-refractivity contribution in [3.63, 3.8) is 0 Å². The molecule has 3 aromatic carbocycles. The molecule has 3 rings (SSSR count). The van der Waals surface area contributed by atoms with Crippen LogP contribution in [-0.2, 0) is 0 Å². The number of urea groups is 1. The topological polar surface area (TPSA) is 61.4 Å². The van der Waals surface area contributed by atoms with Gasteiger partial charge in [0, 0.05) is 18.8 Å². The zero-order valence-electron chi connectivity index (χ0n) is 16.1. The Morgan fingerprint density at radius 1 is 0.900 bits per heavy atom. The van der Waals surface area contributed by atoms with Crippen LogP contribution in [0, 0.1) is 5.82 Å². The summed E-state index contributed by atoms with van der Waals surface area (Å²) in [5, 5.41) is 5.78. The van der Waals surface area contributed by atoms with Gasteiger partial charge >= 0.3 is 6.03 Å². The molecule has 0 fully saturated rings. The normalized spacial score (nSPS) is 10.3. The van der Waals surface area contributed by atoms with E-state index < -0.39 is 11.8 Å². The van der Waals surface area contributed by atoms with Crippen molar-refractivity contribution in [1.82, 2.24) is 5.32 Å². The first-order valence-corrected chi connectivity index (χ1v) is 9.85. The van der Waals surface area contributed by atoms with Gasteiger partial charge in [0.25, 0.3) is 5.91 Å². The monoisotopic (exact) mass is 425 g/mol. The van der Waals surface area contributed by atoms with E-state index in [9.17, 15) is 14.0 Å². The predicted octanol–water partition coefficient (Wildman–Crippen LogP) is 5.34. The molecule has 3 amide bonds. The fourth-order valence-corrected chi connectivity index (χ4v) is 3.10. The molecule has 0 radical (unpaired) electrons. The van der Waals surface area contributed by atoms with E-state index >= 15 is 0 Å². The van der Waals surface area contributed by atoms with E-state index in [1.807, 2.05) is 18.2 Å². The molecule has 30 heavy (non-hydrogen) atoms. The highest BCUT2D eigenvalue weighted by Gasteiger charge is 2.17. The molecule has 0 aliphatic heterocycles. The second-order valence-electron chi connectivity index (χ2n) is 6.49. The maximum atomic E-state index is 13.9. The number of para-hydroxylation sites is 2. The van der Waals surface area contributed by atoms with Crippen LogP contribution in [0.3, 0.4) is 0 Å². The Balaban J connectivity index is 1.62. The second-order valence-corrected chi connectivity index (χ2v) is 6.89. The molecule has 0 saturated carbocycles. The van der Waals surface area contributed by atoms with E-state index in [-0.39, 0.29) is 11.6 Å². The average Bonchev–Trinajstić information content (AvgIpc) is 2.76. The Kier molecular flexibility index (Phi) is 7.40. The molecule has 0 bridgehead atoms. The highest BCUT2D eigenvalue weighted by Crippen LogP contribution is 2.18. The second kappa shape index (κ2) is 10.4. The van der Waals surface area contributed by atoms with Gasteiger partial charge in [-0.2, -0.15) is 0 Å². The van der Waals surface area contributed by atoms with Gasteiger partial charge in [-0.15, -0.1) is 0 Å². The number of nitrogens with zero attached hydrogens (tertiary/aromatic N) is 1. The number of nitrogens with one attached hydrogen (secondary N) is 2. The summed E-state index contributed by atoms with van der Waals surface area (Å²) in [5.74, 6) is -0.784. The van der Waals surface area contributed by atoms with Crippen LogP contribution in [0.5, 0.6) is 0 Å². The van der Waals surface area contributed by atoms with Gasteiger partial charge in [-0.3, -0.25) is 9.69 Å². The number of benzene rings is 3. The van der Waals surface area contributed by atoms with Crippen molar-refractivity contribution in [1.29, 1.82) is 0 Å². The van der Waals surface area contributed by atoms with Gasteiger partial charge in [0.05, 0.1) is 16.3 Å². The van der Waals surface area contributed by atoms with Crippen molar-refractivity contribution in [3.8, 4) is 0 Å². The van der Waals surface area contributed by atoms with Gasteiger partial charge < -0.3 is 10.6 Å². The van der Waals surface area contributed by atoms with Crippen LogP contribution in [0.25, 0.3) is 0 Å². The lowest BCUT2D eigenvalue weighted by molar-refractivity contribution is 0.0953. The van der Waals surface area contributed by atoms with Crippen LogP contribution in [0.15, 0.2) is 78.9 Å². The summed E-state index contributed by atoms with van der Waals surface area (Å²) in [6, 6.07) is 21.4. The Morgan fingerprint density at radius 3 is 2.30 bits per heavy atom. The molecule has 7 heteroatoms. The van der Waals surface area contributed by atoms with Crippen molar-refractivity contribution >= 4 is 34.9 Å². The largest absolute Gasteiger partial charge is 0.352 e. The Labute approximate surface area is 179 Å². The molecule has 0 aliphatic rings. The first-order valence-electron chi connectivity index (χ1n) is 9.47. The number of halogens is 2. The standard InChI is InChI=1S/C23H21ClFN3O2/c24-19-12-5-4-11-18(19)22(29)26-15-8-16-28(17-9-2-1-3-10-17)23(30)27-21-14-7-6-13-20(21)25/h1-7,9-14H,8,15-16H2,(H,26,29)(H,27,30). The molecule has 3 aromatic rings. The summed E-state index contributed by atoms with van der Waals surface area (Å²) in [7, 11) is 0. The quantitative estimate of drug-likeness (QED) is 0.502. The van der Waals surface area contributed by atoms with Crippen molar-refractivity contribution in [3.05, 3.63) is 95.3 Å². The molecule has 0 aliphatic carbocycles. The maximum absolute atomic E-state index is 13.9. The number of carbonyl (C=O) groups excluding carboxylic acids is 2. The van der Waals surface area contributed by atoms with Crippen LogP contribution in [-0.4, -0.2) is 25.0 Å². The zero-order valence-corrected chi connectivity index (χ0v) is 16.9. The maximum Gasteiger partial charge on any atom is 0.326 e. The smallest absolute Gasteiger partial charge is 0.326 e. The third kappa shape index (κ3) is 5.58. The number of amides is 3. The molecular formula is C23H21ClFN3O2. The average molecular weight is 426 g/mol. The molecule has 0 saturated heterocycles. The summed E-state index contributed by atoms with van der Waals surface area (Å²) >= 11 is 6.04. The Hall–Kier alpha value is -3.38. The number of hydrogen-bond acceptors (Lipinski definition) is 2. The van der Waals surface area contributed by atoms with Crippen LogP contribution < -0.4 is 15.5 Å². The first-order chi connectivity index (χ1) is 14.6. The minimum Gasteiger partial charge on any atom is -0.352 e. The first kappa shape index (κ1) is 21.3. The van der Waals surface area contributed by atoms with Gasteiger partial charge in [0.15, 0.2) is 0 Å². The lowest BCUT2D eigenvalue weighted by Crippen LogP contribution is -2.37. The van der Waals surface area contributed by atoms with E-state index in [1.54, 1.807) is 48.5 Å². The number of anilines is 2. The van der Waals surface area contributed by atoms with Crippen LogP contribution in [0.2, 0.25) is 5.02 Å². The van der Waals surface area contributed by atoms with E-state index in [1.165, 1.54) is 17.0 Å². The Bertz CT molecular complexity index is 1010. The van der Waals surface area contributed by atoms with Crippen molar-refractivity contribution < 1.29 is 14.0 Å². The molecule has 0 spiro atoms. The van der Waals surface area contributed by atoms with Gasteiger partial charge in [0.2, 0.25) is 0 Å². The number of carbonyl (C=O) groups is 2. The zero-order chi connectivity index (χ0) is 21.3. The minimum absolute atomic E-state index is 0.107. The van der Waals surface area contributed by atoms with Crippen LogP contribution in [0.1, 0.15) is 16.8 Å². The van der Waals surface area contributed by atoms with E-state index in [4.69, 9.17) is 11.6 Å². The van der Waals surface area contributed by atoms with E-state index in [0.29, 0.717) is 35.8 Å². The minimum atomic E-state index is -0.508. The molecule has 0 unspecified atom stereocenters. The number of rotatable bonds is 7. The molecule has 0 heterocycles. The predicted molar refractivity (Wildman–Crippen MR) is 118 cm³/mol. The third-order valence-corrected chi connectivity index (χ3v) is 4.72. The van der Waals surface area contributed by atoms with Gasteiger partial charge in [0.1, 0.15) is 5.82 Å². The summed E-state index contributed by atoms with van der Waals surface area (Å²) in [4.78, 5) is 26.6. The SMILES string of the molecule is O=C(NCCCN(C(=O)Nc1ccccc1F)c1ccccc1)c1ccccc1Cl. The third-order valence-electron chi connectivity index (χ3n) is 4.39. The van der Waals surface area contributed by atoms with Gasteiger partial charge in [-0.05, 0) is 42.8 Å². The summed E-state index contributed by atoms with van der Waals surface area (Å²) in [6.07, 6.45) is 0.496. The van der Waals surface area contributed by atoms with Crippen LogP contribution in [0.4, 0.5) is 20.6 Å². The number of hydrogen-bond donors (Lipinski definition) is 2. The fourth-order valence-electron chi connectivity index (χ4n) is 2.88. The van der Waals surface area contributed by atoms with Crippen molar-refractivity contribution in [2.75, 3.05) is 23.3 Å². The Morgan fingerprint density at radius 2 is 1.57 bits per heavy atom. The lowest BCUT2D eigenvalue weighted by atomic mass is 10.2. The molecule has 5 nitrogen and oxygen atoms in total. The van der Waals surface area contributed by atoms with E-state index in [2.05, 4.69) is 10.6 Å². The summed E-state index contributed by atoms with van der Waals surface area (Å²) in [6.45, 7) is 0.674. The molecular weight excluding hydrogens is 405 g/mol. The highest BCUT2D eigenvalue weighted by atomic mass is 35.5. The van der Waals surface area contributed by atoms with Gasteiger partial charge in [-0.1, -0.05) is 54.1 Å². The molecule has 0 atom stereocenters. The molecule has 154 valence electrons. The summed E-state index contributed by atoms with van der Waals surface area (Å²) < 4.78 is 13.9. The van der Waals surface area contributed by atoms with Crippen molar-refractivity contribution in [2.24, 2.45) is 0 Å². The van der Waals surface area contributed by atoms with E-state index in [0.717, 1.165) is 0 Å². The highest BCUT2D eigenvalue weighted by molar-refractivity contribution is 6.33. The fraction of sp³-hybridized carbons (Fsp3) is 0.130. The van der Waals surface area contributed by atoms with Crippen molar-refractivity contribution in [2.45, 2.75) is 6.42 Å². The van der Waals surface area contributed by atoms with Gasteiger partial charge in [-0.25, -0.2) is 9.18 Å². The lowest BCUT2D eigenvalue weighted by Gasteiger charge is -2.23. The van der Waals surface area contributed by atoms with Crippen LogP contribution >= 0.6 is 11.6 Å². The summed E-state index contributed by atoms with van der Waals surface area (Å²) in [5.41, 5.74) is 1.18. The molecule has 0 aromatic heterocycles.